The van der Waals surface area contributed by atoms with Gasteiger partial charge in [0.1, 0.15) is 5.69 Å². The number of nitro groups is 1. The number of hydrogen-bond acceptors (Lipinski definition) is 5. The standard InChI is InChI=1S/C16H19N5O3/c1-20-10-11(9-19-20)12-8-13(12)16(22)18-7-6-17-14-4-2-3-5-15(14)21(23)24/h2-5,9-10,12-13,17H,6-8H2,1H3,(H,18,22)/t12-,13-/m0/s1. The molecule has 0 spiro atoms. The van der Waals surface area contributed by atoms with Gasteiger partial charge in [-0.1, -0.05) is 12.1 Å². The second-order valence-electron chi connectivity index (χ2n) is 5.89. The topological polar surface area (TPSA) is 102 Å². The Balaban J connectivity index is 1.43. The summed E-state index contributed by atoms with van der Waals surface area (Å²) in [7, 11) is 1.86. The van der Waals surface area contributed by atoms with Crippen LogP contribution in [0.2, 0.25) is 0 Å². The van der Waals surface area contributed by atoms with Crippen molar-refractivity contribution in [3.63, 3.8) is 0 Å². The van der Waals surface area contributed by atoms with E-state index in [1.807, 2.05) is 13.2 Å². The molecule has 1 heterocycles. The number of anilines is 1. The first kappa shape index (κ1) is 16.0. The quantitative estimate of drug-likeness (QED) is 0.457. The molecule has 1 amide bonds. The number of rotatable bonds is 7. The molecule has 1 saturated carbocycles. The van der Waals surface area contributed by atoms with Crippen molar-refractivity contribution in [2.75, 3.05) is 18.4 Å². The molecule has 24 heavy (non-hydrogen) atoms. The van der Waals surface area contributed by atoms with Gasteiger partial charge in [0.2, 0.25) is 5.91 Å². The molecular formula is C16H19N5O3. The largest absolute Gasteiger partial charge is 0.378 e. The van der Waals surface area contributed by atoms with Crippen LogP contribution in [0.5, 0.6) is 0 Å². The second kappa shape index (κ2) is 6.69. The number of aryl methyl sites for hydroxylation is 1. The molecule has 0 unspecified atom stereocenters. The molecule has 0 aliphatic heterocycles. The van der Waals surface area contributed by atoms with Gasteiger partial charge in [0.05, 0.1) is 11.1 Å². The highest BCUT2D eigenvalue weighted by atomic mass is 16.6. The molecule has 8 nitrogen and oxygen atoms in total. The summed E-state index contributed by atoms with van der Waals surface area (Å²) in [6.45, 7) is 0.849. The number of amides is 1. The van der Waals surface area contributed by atoms with E-state index < -0.39 is 4.92 Å². The highest BCUT2D eigenvalue weighted by Gasteiger charge is 2.44. The second-order valence-corrected chi connectivity index (χ2v) is 5.89. The van der Waals surface area contributed by atoms with Gasteiger partial charge in [-0.05, 0) is 24.0 Å². The van der Waals surface area contributed by atoms with Crippen molar-refractivity contribution in [1.29, 1.82) is 0 Å². The zero-order chi connectivity index (χ0) is 17.1. The lowest BCUT2D eigenvalue weighted by Crippen LogP contribution is -2.30. The van der Waals surface area contributed by atoms with Crippen LogP contribution < -0.4 is 10.6 Å². The fourth-order valence-electron chi connectivity index (χ4n) is 2.78. The predicted octanol–water partition coefficient (Wildman–Crippen LogP) is 1.66. The summed E-state index contributed by atoms with van der Waals surface area (Å²) in [4.78, 5) is 22.6. The minimum Gasteiger partial charge on any atom is -0.378 e. The number of benzene rings is 1. The fourth-order valence-corrected chi connectivity index (χ4v) is 2.78. The molecule has 1 aromatic heterocycles. The first-order valence-electron chi connectivity index (χ1n) is 7.80. The maximum atomic E-state index is 12.1. The van der Waals surface area contributed by atoms with Crippen LogP contribution in [-0.4, -0.2) is 33.7 Å². The molecule has 2 atom stereocenters. The molecule has 2 aromatic rings. The zero-order valence-corrected chi connectivity index (χ0v) is 13.3. The minimum atomic E-state index is -0.427. The van der Waals surface area contributed by atoms with Crippen LogP contribution in [0.15, 0.2) is 36.7 Å². The number of carbonyl (C=O) groups excluding carboxylic acids is 1. The summed E-state index contributed by atoms with van der Waals surface area (Å²) < 4.78 is 1.74. The van der Waals surface area contributed by atoms with Crippen LogP contribution in [0.3, 0.4) is 0 Å². The van der Waals surface area contributed by atoms with Gasteiger partial charge >= 0.3 is 0 Å². The van der Waals surface area contributed by atoms with E-state index in [2.05, 4.69) is 15.7 Å². The van der Waals surface area contributed by atoms with Gasteiger partial charge in [-0.25, -0.2) is 0 Å². The van der Waals surface area contributed by atoms with E-state index >= 15 is 0 Å². The van der Waals surface area contributed by atoms with E-state index in [4.69, 9.17) is 0 Å². The lowest BCUT2D eigenvalue weighted by molar-refractivity contribution is -0.384. The molecular weight excluding hydrogens is 310 g/mol. The first-order valence-corrected chi connectivity index (χ1v) is 7.80. The highest BCUT2D eigenvalue weighted by molar-refractivity contribution is 5.82. The van der Waals surface area contributed by atoms with Crippen LogP contribution in [0.25, 0.3) is 0 Å². The Morgan fingerprint density at radius 3 is 2.92 bits per heavy atom. The van der Waals surface area contributed by atoms with Gasteiger partial charge < -0.3 is 10.6 Å². The van der Waals surface area contributed by atoms with Crippen molar-refractivity contribution >= 4 is 17.3 Å². The highest BCUT2D eigenvalue weighted by Crippen LogP contribution is 2.47. The van der Waals surface area contributed by atoms with Gasteiger partial charge in [0.25, 0.3) is 5.69 Å². The normalized spacial score (nSPS) is 18.9. The van der Waals surface area contributed by atoms with E-state index in [1.165, 1.54) is 6.07 Å². The molecule has 0 radical (unpaired) electrons. The van der Waals surface area contributed by atoms with E-state index in [0.717, 1.165) is 12.0 Å². The Labute approximate surface area is 139 Å². The first-order chi connectivity index (χ1) is 11.6. The van der Waals surface area contributed by atoms with Crippen molar-refractivity contribution < 1.29 is 9.72 Å². The number of aromatic nitrogens is 2. The third kappa shape index (κ3) is 3.53. The summed E-state index contributed by atoms with van der Waals surface area (Å²) in [5.41, 5.74) is 1.58. The maximum Gasteiger partial charge on any atom is 0.292 e. The van der Waals surface area contributed by atoms with E-state index in [0.29, 0.717) is 18.8 Å². The van der Waals surface area contributed by atoms with Gasteiger partial charge in [-0.2, -0.15) is 5.10 Å². The summed E-state index contributed by atoms with van der Waals surface area (Å²) in [5.74, 6) is 0.273. The fraction of sp³-hybridized carbons (Fsp3) is 0.375. The molecule has 2 N–H and O–H groups in total. The third-order valence-corrected chi connectivity index (χ3v) is 4.12. The minimum absolute atomic E-state index is 0.000242. The van der Waals surface area contributed by atoms with Gasteiger partial charge in [0, 0.05) is 38.3 Å². The summed E-state index contributed by atoms with van der Waals surface area (Å²) in [6.07, 6.45) is 4.58. The Morgan fingerprint density at radius 1 is 1.42 bits per heavy atom. The number of para-hydroxylation sites is 2. The Morgan fingerprint density at radius 2 is 2.21 bits per heavy atom. The number of carbonyl (C=O) groups is 1. The summed E-state index contributed by atoms with van der Waals surface area (Å²) in [5, 5.41) is 20.9. The van der Waals surface area contributed by atoms with Crippen LogP contribution in [0, 0.1) is 16.0 Å². The van der Waals surface area contributed by atoms with E-state index in [-0.39, 0.29) is 23.4 Å². The molecule has 3 rings (SSSR count). The molecule has 1 fully saturated rings. The number of nitrogens with one attached hydrogen (secondary N) is 2. The molecule has 1 aliphatic rings. The van der Waals surface area contributed by atoms with Crippen molar-refractivity contribution in [2.45, 2.75) is 12.3 Å². The molecule has 1 aliphatic carbocycles. The molecule has 126 valence electrons. The molecule has 0 saturated heterocycles. The van der Waals surface area contributed by atoms with Crippen molar-refractivity contribution in [3.05, 3.63) is 52.3 Å². The zero-order valence-electron chi connectivity index (χ0n) is 13.3. The van der Waals surface area contributed by atoms with E-state index in [1.54, 1.807) is 29.1 Å². The smallest absolute Gasteiger partial charge is 0.292 e. The molecule has 1 aromatic carbocycles. The number of nitro benzene ring substituents is 1. The van der Waals surface area contributed by atoms with Gasteiger partial charge in [-0.15, -0.1) is 0 Å². The number of hydrogen-bond donors (Lipinski definition) is 2. The van der Waals surface area contributed by atoms with Crippen LogP contribution in [0.4, 0.5) is 11.4 Å². The van der Waals surface area contributed by atoms with Gasteiger partial charge in [-0.3, -0.25) is 19.6 Å². The summed E-state index contributed by atoms with van der Waals surface area (Å²) in [6, 6.07) is 6.45. The lowest BCUT2D eigenvalue weighted by atomic mass is 10.2. The van der Waals surface area contributed by atoms with Crippen LogP contribution in [-0.2, 0) is 11.8 Å². The van der Waals surface area contributed by atoms with Crippen LogP contribution in [0.1, 0.15) is 17.9 Å². The average Bonchev–Trinajstić information content (AvgIpc) is 3.26. The third-order valence-electron chi connectivity index (χ3n) is 4.12. The Kier molecular flexibility index (Phi) is 4.45. The SMILES string of the molecule is Cn1cc([C@@H]2C[C@@H]2C(=O)NCCNc2ccccc2[N+](=O)[O-])cn1. The molecule has 8 heteroatoms. The average molecular weight is 329 g/mol. The van der Waals surface area contributed by atoms with Crippen molar-refractivity contribution in [3.8, 4) is 0 Å². The Hall–Kier alpha value is -2.90. The molecule has 0 bridgehead atoms. The lowest BCUT2D eigenvalue weighted by Gasteiger charge is -2.08. The monoisotopic (exact) mass is 329 g/mol. The summed E-state index contributed by atoms with van der Waals surface area (Å²) >= 11 is 0. The van der Waals surface area contributed by atoms with Crippen LogP contribution >= 0.6 is 0 Å². The van der Waals surface area contributed by atoms with Crippen molar-refractivity contribution in [1.82, 2.24) is 15.1 Å². The van der Waals surface area contributed by atoms with E-state index in [9.17, 15) is 14.9 Å². The van der Waals surface area contributed by atoms with Gasteiger partial charge in [0.15, 0.2) is 0 Å². The van der Waals surface area contributed by atoms with Crippen molar-refractivity contribution in [2.24, 2.45) is 13.0 Å². The Bertz CT molecular complexity index is 758. The number of nitrogens with zero attached hydrogens (tertiary/aromatic N) is 3. The maximum absolute atomic E-state index is 12.1. The predicted molar refractivity (Wildman–Crippen MR) is 88.7 cm³/mol.